The minimum atomic E-state index is -0.138. The topological polar surface area (TPSA) is 151 Å². The summed E-state index contributed by atoms with van der Waals surface area (Å²) in [5, 5.41) is 8.55. The molecule has 4 aromatic rings. The van der Waals surface area contributed by atoms with Crippen LogP contribution in [0.25, 0.3) is 0 Å². The Hall–Kier alpha value is -5.77. The number of fused-ring (bicyclic) bond motifs is 4. The van der Waals surface area contributed by atoms with Gasteiger partial charge in [0.25, 0.3) is 5.91 Å². The second kappa shape index (κ2) is 16.5. The molecule has 2 amide bonds. The highest BCUT2D eigenvalue weighted by Gasteiger charge is 2.27. The van der Waals surface area contributed by atoms with Gasteiger partial charge in [0.15, 0.2) is 17.3 Å². The third-order valence-corrected chi connectivity index (χ3v) is 10.6. The Kier molecular flexibility index (Phi) is 12.0. The first kappa shape index (κ1) is 39.4. The monoisotopic (exact) mass is 729 g/mol. The van der Waals surface area contributed by atoms with Crippen molar-refractivity contribution < 1.29 is 24.0 Å². The summed E-state index contributed by atoms with van der Waals surface area (Å²) in [6, 6.07) is 15.7. The van der Waals surface area contributed by atoms with Gasteiger partial charge in [0.05, 0.1) is 11.3 Å². The number of nitrogens with one attached hydrogen (secondary N) is 3. The number of hydrogen-bond acceptors (Lipinski definition) is 8. The van der Waals surface area contributed by atoms with Crippen molar-refractivity contribution in [2.75, 3.05) is 42.4 Å². The van der Waals surface area contributed by atoms with E-state index in [9.17, 15) is 24.0 Å². The van der Waals surface area contributed by atoms with Crippen LogP contribution in [0, 0.1) is 27.7 Å². The quantitative estimate of drug-likeness (QED) is 0.161. The fraction of sp³-hybridized carbons (Fsp3) is 0.341. The Bertz CT molecular complexity index is 2180. The standard InChI is InChI=1S/C12H13NO2.C12H15NO.C10H12N2O.C10H11NO/c1-7-3-5-10(13-8(2)14)12-9(7)4-6-11(12)15;1-8-4-6-10(13(2)3)12-9(8)5-7-11(12)14;1-6-3-4-8(11-2)9-7(6)5-12-10(9)13;1-6-2-4-8(11)10-7(6)3-5-9(10)12/h3,5H,4,6H2,1-2H3,(H,13,14);4,6H,5,7H2,1-3H3;3-4,11H,5H2,1-2H3,(H,12,13);2,4H,3,5,11H2,1H3. The molecule has 282 valence electrons. The maximum Gasteiger partial charge on any atom is 0.254 e. The highest BCUT2D eigenvalue weighted by atomic mass is 16.2. The Morgan fingerprint density at radius 2 is 1.07 bits per heavy atom. The molecule has 0 unspecified atom stereocenters. The molecule has 1 heterocycles. The zero-order valence-corrected chi connectivity index (χ0v) is 32.6. The van der Waals surface area contributed by atoms with Crippen molar-refractivity contribution >= 4 is 51.9 Å². The lowest BCUT2D eigenvalue weighted by atomic mass is 10.0. The molecule has 0 saturated heterocycles. The lowest BCUT2D eigenvalue weighted by Crippen LogP contribution is -2.13. The zero-order chi connectivity index (χ0) is 39.4. The molecule has 8 rings (SSSR count). The summed E-state index contributed by atoms with van der Waals surface area (Å²) < 4.78 is 0. The smallest absolute Gasteiger partial charge is 0.254 e. The number of Topliss-reactive ketones (excluding diaryl/α,β-unsaturated/α-hetero) is 3. The SMILES string of the molecule is CC(=O)Nc1ccc(C)c2c1C(=O)CC2.CNc1ccc(C)c2c1C(=O)NC2.Cc1ccc(N(C)C)c2c1CCC2=O.Cc1ccc(N)c2c1CCC2=O. The van der Waals surface area contributed by atoms with Crippen LogP contribution in [0.2, 0.25) is 0 Å². The van der Waals surface area contributed by atoms with E-state index in [1.807, 2.05) is 83.2 Å². The third-order valence-electron chi connectivity index (χ3n) is 10.6. The lowest BCUT2D eigenvalue weighted by Gasteiger charge is -2.17. The predicted molar refractivity (Wildman–Crippen MR) is 216 cm³/mol. The number of rotatable bonds is 3. The summed E-state index contributed by atoms with van der Waals surface area (Å²) in [4.78, 5) is 59.2. The van der Waals surface area contributed by atoms with Crippen LogP contribution in [0.3, 0.4) is 0 Å². The molecule has 10 heteroatoms. The molecule has 0 aromatic heterocycles. The number of ketones is 3. The van der Waals surface area contributed by atoms with Crippen molar-refractivity contribution in [1.82, 2.24) is 5.32 Å². The molecule has 4 aliphatic rings. The van der Waals surface area contributed by atoms with E-state index in [1.54, 1.807) is 6.07 Å². The number of carbonyl (C=O) groups is 5. The molecule has 0 fully saturated rings. The molecule has 0 saturated carbocycles. The van der Waals surface area contributed by atoms with Gasteiger partial charge in [0.2, 0.25) is 5.91 Å². The summed E-state index contributed by atoms with van der Waals surface area (Å²) in [5.74, 6) is 0.528. The number of nitrogen functional groups attached to an aromatic ring is 1. The minimum absolute atomic E-state index is 0.0306. The fourth-order valence-electron chi connectivity index (χ4n) is 7.65. The first-order chi connectivity index (χ1) is 25.6. The van der Waals surface area contributed by atoms with Gasteiger partial charge in [0, 0.05) is 87.6 Å². The third kappa shape index (κ3) is 8.07. The largest absolute Gasteiger partial charge is 0.398 e. The lowest BCUT2D eigenvalue weighted by molar-refractivity contribution is -0.114. The molecule has 0 radical (unpaired) electrons. The average Bonchev–Trinajstić information content (AvgIpc) is 3.93. The van der Waals surface area contributed by atoms with Gasteiger partial charge in [0.1, 0.15) is 0 Å². The second-order valence-corrected chi connectivity index (χ2v) is 14.4. The Labute approximate surface area is 317 Å². The van der Waals surface area contributed by atoms with Crippen LogP contribution < -0.4 is 26.6 Å². The number of carbonyl (C=O) groups excluding carboxylic acids is 5. The Balaban J connectivity index is 0.000000139. The molecule has 10 nitrogen and oxygen atoms in total. The predicted octanol–water partition coefficient (Wildman–Crippen LogP) is 7.26. The number of hydrogen-bond donors (Lipinski definition) is 4. The zero-order valence-electron chi connectivity index (χ0n) is 32.6. The molecule has 5 N–H and O–H groups in total. The van der Waals surface area contributed by atoms with Gasteiger partial charge in [-0.2, -0.15) is 0 Å². The Morgan fingerprint density at radius 1 is 0.611 bits per heavy atom. The molecular formula is C44H51N5O5. The summed E-state index contributed by atoms with van der Waals surface area (Å²) >= 11 is 0. The van der Waals surface area contributed by atoms with E-state index in [1.165, 1.54) is 29.2 Å². The first-order valence-electron chi connectivity index (χ1n) is 18.4. The van der Waals surface area contributed by atoms with Crippen LogP contribution in [0.5, 0.6) is 0 Å². The average molecular weight is 730 g/mol. The number of aryl methyl sites for hydroxylation is 4. The number of nitrogens with zero attached hydrogens (tertiary/aromatic N) is 1. The second-order valence-electron chi connectivity index (χ2n) is 14.4. The van der Waals surface area contributed by atoms with Gasteiger partial charge in [-0.15, -0.1) is 0 Å². The van der Waals surface area contributed by atoms with Crippen LogP contribution in [0.4, 0.5) is 22.7 Å². The first-order valence-corrected chi connectivity index (χ1v) is 18.4. The van der Waals surface area contributed by atoms with Crippen LogP contribution in [0.15, 0.2) is 48.5 Å². The minimum Gasteiger partial charge on any atom is -0.398 e. The van der Waals surface area contributed by atoms with Crippen molar-refractivity contribution in [3.05, 3.63) is 115 Å². The van der Waals surface area contributed by atoms with Gasteiger partial charge in [-0.05, 0) is 116 Å². The van der Waals surface area contributed by atoms with E-state index < -0.39 is 0 Å². The van der Waals surface area contributed by atoms with Crippen LogP contribution in [0.1, 0.15) is 112 Å². The maximum absolute atomic E-state index is 11.7. The van der Waals surface area contributed by atoms with E-state index in [4.69, 9.17) is 5.73 Å². The summed E-state index contributed by atoms with van der Waals surface area (Å²) in [5.41, 5.74) is 21.6. The van der Waals surface area contributed by atoms with E-state index >= 15 is 0 Å². The summed E-state index contributed by atoms with van der Waals surface area (Å²) in [6.07, 6.45) is 4.46. The van der Waals surface area contributed by atoms with E-state index in [0.29, 0.717) is 48.5 Å². The molecule has 54 heavy (non-hydrogen) atoms. The van der Waals surface area contributed by atoms with Crippen molar-refractivity contribution in [2.24, 2.45) is 0 Å². The molecule has 1 aliphatic heterocycles. The highest BCUT2D eigenvalue weighted by molar-refractivity contribution is 6.08. The number of benzene rings is 4. The number of anilines is 4. The van der Waals surface area contributed by atoms with Gasteiger partial charge in [-0.1, -0.05) is 24.3 Å². The molecule has 4 aromatic carbocycles. The Morgan fingerprint density at radius 3 is 1.61 bits per heavy atom. The van der Waals surface area contributed by atoms with Crippen LogP contribution in [-0.4, -0.2) is 50.3 Å². The van der Waals surface area contributed by atoms with Crippen molar-refractivity contribution in [2.45, 2.75) is 79.7 Å². The molecule has 3 aliphatic carbocycles. The fourth-order valence-corrected chi connectivity index (χ4v) is 7.65. The molecular weight excluding hydrogens is 679 g/mol. The van der Waals surface area contributed by atoms with Crippen molar-refractivity contribution in [3.8, 4) is 0 Å². The van der Waals surface area contributed by atoms with Crippen LogP contribution in [-0.2, 0) is 30.6 Å². The van der Waals surface area contributed by atoms with Crippen LogP contribution >= 0.6 is 0 Å². The van der Waals surface area contributed by atoms with Crippen molar-refractivity contribution in [3.63, 3.8) is 0 Å². The molecule has 0 spiro atoms. The van der Waals surface area contributed by atoms with E-state index in [-0.39, 0.29) is 23.4 Å². The van der Waals surface area contributed by atoms with E-state index in [0.717, 1.165) is 69.6 Å². The van der Waals surface area contributed by atoms with Gasteiger partial charge in [-0.25, -0.2) is 0 Å². The molecule has 0 atom stereocenters. The van der Waals surface area contributed by atoms with Crippen molar-refractivity contribution in [1.29, 1.82) is 0 Å². The normalized spacial score (nSPS) is 14.2. The number of amides is 2. The van der Waals surface area contributed by atoms with E-state index in [2.05, 4.69) is 28.9 Å². The van der Waals surface area contributed by atoms with Gasteiger partial charge < -0.3 is 26.6 Å². The van der Waals surface area contributed by atoms with Gasteiger partial charge in [-0.3, -0.25) is 24.0 Å². The number of nitrogens with two attached hydrogens (primary N) is 1. The highest BCUT2D eigenvalue weighted by Crippen LogP contribution is 2.34. The summed E-state index contributed by atoms with van der Waals surface area (Å²) in [6.45, 7) is 10.2. The van der Waals surface area contributed by atoms with Gasteiger partial charge >= 0.3 is 0 Å². The maximum atomic E-state index is 11.7. The molecule has 0 bridgehead atoms. The summed E-state index contributed by atoms with van der Waals surface area (Å²) in [7, 11) is 5.80.